The maximum absolute atomic E-state index is 11.4. The largest absolute Gasteiger partial charge is 0.497 e. The Labute approximate surface area is 183 Å². The van der Waals surface area contributed by atoms with Gasteiger partial charge in [-0.25, -0.2) is 4.98 Å². The molecule has 0 amide bonds. The summed E-state index contributed by atoms with van der Waals surface area (Å²) in [5.41, 5.74) is 3.25. The first-order valence-corrected chi connectivity index (χ1v) is 11.1. The van der Waals surface area contributed by atoms with E-state index in [-0.39, 0.29) is 18.3 Å². The number of H-pyrrole nitrogens is 1. The van der Waals surface area contributed by atoms with Crippen molar-refractivity contribution in [3.05, 3.63) is 59.9 Å². The van der Waals surface area contributed by atoms with Crippen molar-refractivity contribution in [2.75, 3.05) is 26.7 Å². The molecule has 1 aliphatic heterocycles. The minimum absolute atomic E-state index is 0.186. The van der Waals surface area contributed by atoms with Crippen LogP contribution in [0.15, 0.2) is 48.5 Å². The van der Waals surface area contributed by atoms with Crippen LogP contribution in [-0.2, 0) is 17.6 Å². The van der Waals surface area contributed by atoms with Gasteiger partial charge < -0.3 is 19.7 Å². The minimum atomic E-state index is -0.707. The van der Waals surface area contributed by atoms with Crippen molar-refractivity contribution >= 4 is 17.0 Å². The van der Waals surface area contributed by atoms with Gasteiger partial charge in [-0.1, -0.05) is 30.3 Å². The van der Waals surface area contributed by atoms with Crippen molar-refractivity contribution in [3.63, 3.8) is 0 Å². The molecule has 1 saturated heterocycles. The molecular formula is C25H31N3O3. The minimum Gasteiger partial charge on any atom is -0.497 e. The molecule has 2 aromatic carbocycles. The molecule has 3 aromatic rings. The van der Waals surface area contributed by atoms with Gasteiger partial charge >= 0.3 is 5.97 Å². The number of aliphatic carboxylic acids is 1. The first-order chi connectivity index (χ1) is 15.1. The zero-order valence-corrected chi connectivity index (χ0v) is 18.1. The van der Waals surface area contributed by atoms with Gasteiger partial charge in [-0.2, -0.15) is 0 Å². The van der Waals surface area contributed by atoms with Gasteiger partial charge in [-0.3, -0.25) is 4.79 Å². The van der Waals surface area contributed by atoms with Crippen molar-refractivity contribution < 1.29 is 14.6 Å². The molecule has 0 saturated carbocycles. The second kappa shape index (κ2) is 9.96. The summed E-state index contributed by atoms with van der Waals surface area (Å²) in [6.07, 6.45) is 4.12. The molecule has 0 radical (unpaired) electrons. The number of nitrogens with one attached hydrogen (secondary N) is 1. The van der Waals surface area contributed by atoms with Crippen LogP contribution in [0.5, 0.6) is 5.75 Å². The monoisotopic (exact) mass is 421 g/mol. The zero-order valence-electron chi connectivity index (χ0n) is 18.1. The predicted octanol–water partition coefficient (Wildman–Crippen LogP) is 4.16. The van der Waals surface area contributed by atoms with Crippen LogP contribution in [0.4, 0.5) is 0 Å². The number of carboxylic acid groups (broad SMARTS) is 1. The molecular weight excluding hydrogens is 390 g/mol. The molecule has 2 atom stereocenters. The highest BCUT2D eigenvalue weighted by Crippen LogP contribution is 2.30. The maximum Gasteiger partial charge on any atom is 0.303 e. The number of benzene rings is 2. The van der Waals surface area contributed by atoms with E-state index in [4.69, 9.17) is 9.72 Å². The number of aromatic nitrogens is 2. The second-order valence-corrected chi connectivity index (χ2v) is 8.57. The molecule has 6 heteroatoms. The normalized spacial score (nSPS) is 19.5. The number of likely N-dealkylation sites (tertiary alicyclic amines) is 1. The van der Waals surface area contributed by atoms with Crippen LogP contribution >= 0.6 is 0 Å². The maximum atomic E-state index is 11.4. The molecule has 31 heavy (non-hydrogen) atoms. The Morgan fingerprint density at radius 3 is 2.84 bits per heavy atom. The van der Waals surface area contributed by atoms with Crippen LogP contribution in [0.1, 0.15) is 30.7 Å². The zero-order chi connectivity index (χ0) is 21.6. The van der Waals surface area contributed by atoms with Gasteiger partial charge in [-0.15, -0.1) is 0 Å². The third kappa shape index (κ3) is 5.64. The van der Waals surface area contributed by atoms with Crippen molar-refractivity contribution in [1.82, 2.24) is 14.9 Å². The van der Waals surface area contributed by atoms with Gasteiger partial charge in [0, 0.05) is 25.5 Å². The molecule has 0 unspecified atom stereocenters. The van der Waals surface area contributed by atoms with Crippen LogP contribution in [0.3, 0.4) is 0 Å². The molecule has 2 heterocycles. The number of fused-ring (bicyclic) bond motifs is 1. The van der Waals surface area contributed by atoms with Gasteiger partial charge in [-0.05, 0) is 61.9 Å². The summed E-state index contributed by atoms with van der Waals surface area (Å²) in [5.74, 6) is 1.49. The van der Waals surface area contributed by atoms with E-state index >= 15 is 0 Å². The fourth-order valence-electron chi connectivity index (χ4n) is 4.75. The van der Waals surface area contributed by atoms with Gasteiger partial charge in [0.05, 0.1) is 18.1 Å². The van der Waals surface area contributed by atoms with E-state index in [1.165, 1.54) is 5.56 Å². The summed E-state index contributed by atoms with van der Waals surface area (Å²) in [7, 11) is 1.66. The number of imidazole rings is 1. The van der Waals surface area contributed by atoms with E-state index in [0.29, 0.717) is 0 Å². The highest BCUT2D eigenvalue weighted by atomic mass is 16.5. The van der Waals surface area contributed by atoms with Crippen LogP contribution in [-0.4, -0.2) is 52.7 Å². The summed E-state index contributed by atoms with van der Waals surface area (Å²) in [6.45, 7) is 2.94. The third-order valence-electron chi connectivity index (χ3n) is 6.39. The highest BCUT2D eigenvalue weighted by molar-refractivity contribution is 5.76. The van der Waals surface area contributed by atoms with E-state index in [1.54, 1.807) is 7.11 Å². The van der Waals surface area contributed by atoms with E-state index in [1.807, 2.05) is 18.2 Å². The fraction of sp³-hybridized carbons (Fsp3) is 0.440. The lowest BCUT2D eigenvalue weighted by Crippen LogP contribution is -2.42. The number of hydrogen-bond donors (Lipinski definition) is 2. The fourth-order valence-corrected chi connectivity index (χ4v) is 4.75. The number of rotatable bonds is 9. The molecule has 2 N–H and O–H groups in total. The molecule has 1 aromatic heterocycles. The second-order valence-electron chi connectivity index (χ2n) is 8.57. The number of aromatic amines is 1. The standard InChI is InChI=1S/C25H31N3O3/c1-31-21-9-10-22-23(16-21)27-24(26-22)14-20-17-28(13-11-19(20)15-25(29)30)12-5-8-18-6-3-2-4-7-18/h2-4,6-7,9-10,16,19-20H,5,8,11-15,17H2,1H3,(H,26,27)(H,29,30)/t19-,20-/m0/s1. The van der Waals surface area contributed by atoms with Crippen LogP contribution in [0.2, 0.25) is 0 Å². The number of aryl methyl sites for hydroxylation is 1. The van der Waals surface area contributed by atoms with Gasteiger partial charge in [0.2, 0.25) is 0 Å². The Balaban J connectivity index is 1.41. The molecule has 0 bridgehead atoms. The Kier molecular flexibility index (Phi) is 6.87. The number of methoxy groups -OCH3 is 1. The Morgan fingerprint density at radius 2 is 2.06 bits per heavy atom. The Morgan fingerprint density at radius 1 is 1.23 bits per heavy atom. The molecule has 6 nitrogen and oxygen atoms in total. The number of ether oxygens (including phenoxy) is 1. The smallest absolute Gasteiger partial charge is 0.303 e. The van der Waals surface area contributed by atoms with Gasteiger partial charge in [0.1, 0.15) is 11.6 Å². The van der Waals surface area contributed by atoms with Gasteiger partial charge in [0.25, 0.3) is 0 Å². The summed E-state index contributed by atoms with van der Waals surface area (Å²) >= 11 is 0. The van der Waals surface area contributed by atoms with Crippen LogP contribution < -0.4 is 4.74 Å². The van der Waals surface area contributed by atoms with Crippen LogP contribution in [0, 0.1) is 11.8 Å². The average Bonchev–Trinajstić information content (AvgIpc) is 3.17. The first-order valence-electron chi connectivity index (χ1n) is 11.1. The quantitative estimate of drug-likeness (QED) is 0.542. The highest BCUT2D eigenvalue weighted by Gasteiger charge is 2.31. The van der Waals surface area contributed by atoms with Gasteiger partial charge in [0.15, 0.2) is 0 Å². The lowest BCUT2D eigenvalue weighted by atomic mass is 9.81. The lowest BCUT2D eigenvalue weighted by Gasteiger charge is -2.38. The number of hydrogen-bond acceptors (Lipinski definition) is 4. The predicted molar refractivity (Wildman–Crippen MR) is 121 cm³/mol. The number of carbonyl (C=O) groups is 1. The number of nitrogens with zero attached hydrogens (tertiary/aromatic N) is 2. The lowest BCUT2D eigenvalue weighted by molar-refractivity contribution is -0.139. The van der Waals surface area contributed by atoms with Crippen molar-refractivity contribution in [3.8, 4) is 5.75 Å². The van der Waals surface area contributed by atoms with Crippen molar-refractivity contribution in [2.45, 2.75) is 32.1 Å². The molecule has 1 aliphatic rings. The topological polar surface area (TPSA) is 78.4 Å². The van der Waals surface area contributed by atoms with E-state index in [9.17, 15) is 9.90 Å². The summed E-state index contributed by atoms with van der Waals surface area (Å²) in [4.78, 5) is 22.1. The van der Waals surface area contributed by atoms with E-state index < -0.39 is 5.97 Å². The first kappa shape index (κ1) is 21.4. The number of piperidine rings is 1. The summed E-state index contributed by atoms with van der Waals surface area (Å²) in [6, 6.07) is 16.4. The molecule has 4 rings (SSSR count). The molecule has 0 spiro atoms. The average molecular weight is 422 g/mol. The SMILES string of the molecule is COc1ccc2nc(C[C@H]3CN(CCCc4ccccc4)CC[C@H]3CC(=O)O)[nH]c2c1. The van der Waals surface area contributed by atoms with Crippen molar-refractivity contribution in [2.24, 2.45) is 11.8 Å². The molecule has 164 valence electrons. The van der Waals surface area contributed by atoms with E-state index in [0.717, 1.165) is 67.9 Å². The Bertz CT molecular complexity index is 1000. The summed E-state index contributed by atoms with van der Waals surface area (Å²) < 4.78 is 5.31. The molecule has 1 fully saturated rings. The van der Waals surface area contributed by atoms with Crippen molar-refractivity contribution in [1.29, 1.82) is 0 Å². The molecule has 0 aliphatic carbocycles. The summed E-state index contributed by atoms with van der Waals surface area (Å²) in [5, 5.41) is 9.40. The van der Waals surface area contributed by atoms with E-state index in [2.05, 4.69) is 40.2 Å². The Hall–Kier alpha value is -2.86. The third-order valence-corrected chi connectivity index (χ3v) is 6.39. The number of carboxylic acids is 1. The van der Waals surface area contributed by atoms with Crippen LogP contribution in [0.25, 0.3) is 11.0 Å².